The molecule has 0 aliphatic carbocycles. The number of aromatic nitrogens is 1. The zero-order valence-electron chi connectivity index (χ0n) is 12.1. The predicted molar refractivity (Wildman–Crippen MR) is 84.0 cm³/mol. The van der Waals surface area contributed by atoms with Gasteiger partial charge < -0.3 is 9.67 Å². The lowest BCUT2D eigenvalue weighted by atomic mass is 10.2. The van der Waals surface area contributed by atoms with Crippen LogP contribution in [0.4, 0.5) is 0 Å². The summed E-state index contributed by atoms with van der Waals surface area (Å²) in [6.45, 7) is 4.07. The van der Waals surface area contributed by atoms with E-state index in [1.807, 2.05) is 30.7 Å². The van der Waals surface area contributed by atoms with Crippen LogP contribution in [0.15, 0.2) is 34.0 Å². The summed E-state index contributed by atoms with van der Waals surface area (Å²) in [5.41, 5.74) is 1.72. The second-order valence-electron chi connectivity index (χ2n) is 5.11. The molecule has 2 N–H and O–H groups in total. The summed E-state index contributed by atoms with van der Waals surface area (Å²) in [7, 11) is -3.54. The van der Waals surface area contributed by atoms with Crippen molar-refractivity contribution < 1.29 is 13.5 Å². The molecular formula is C14H20N2O3S2. The minimum Gasteiger partial charge on any atom is -0.390 e. The van der Waals surface area contributed by atoms with E-state index in [4.69, 9.17) is 0 Å². The first-order valence-electron chi connectivity index (χ1n) is 6.76. The summed E-state index contributed by atoms with van der Waals surface area (Å²) in [5.74, 6) is 0. The van der Waals surface area contributed by atoms with Crippen LogP contribution in [0.3, 0.4) is 0 Å². The van der Waals surface area contributed by atoms with Gasteiger partial charge in [-0.15, -0.1) is 0 Å². The summed E-state index contributed by atoms with van der Waals surface area (Å²) in [6, 6.07) is 3.60. The molecule has 0 saturated heterocycles. The van der Waals surface area contributed by atoms with Gasteiger partial charge in [0.1, 0.15) is 0 Å². The number of nitrogens with zero attached hydrogens (tertiary/aromatic N) is 1. The number of aliphatic hydroxyl groups is 1. The van der Waals surface area contributed by atoms with E-state index >= 15 is 0 Å². The Hall–Kier alpha value is -1.15. The number of aliphatic hydroxyl groups excluding tert-OH is 1. The maximum Gasteiger partial charge on any atom is 0.242 e. The van der Waals surface area contributed by atoms with Crippen LogP contribution in [0.2, 0.25) is 0 Å². The summed E-state index contributed by atoms with van der Waals surface area (Å²) in [4.78, 5) is 0.200. The lowest BCUT2D eigenvalue weighted by molar-refractivity contribution is 0.268. The first-order valence-corrected chi connectivity index (χ1v) is 9.19. The van der Waals surface area contributed by atoms with Crippen LogP contribution in [0.1, 0.15) is 31.1 Å². The predicted octanol–water partition coefficient (Wildman–Crippen LogP) is 2.14. The molecule has 0 amide bonds. The van der Waals surface area contributed by atoms with Gasteiger partial charge >= 0.3 is 0 Å². The quantitative estimate of drug-likeness (QED) is 0.818. The highest BCUT2D eigenvalue weighted by Crippen LogP contribution is 2.19. The minimum atomic E-state index is -3.54. The van der Waals surface area contributed by atoms with Gasteiger partial charge in [0.05, 0.1) is 11.5 Å². The molecule has 0 bridgehead atoms. The van der Waals surface area contributed by atoms with Crippen LogP contribution in [0.25, 0.3) is 0 Å². The average Bonchev–Trinajstić information content (AvgIpc) is 3.07. The van der Waals surface area contributed by atoms with Crippen LogP contribution < -0.4 is 4.72 Å². The molecule has 0 atom stereocenters. The largest absolute Gasteiger partial charge is 0.390 e. The van der Waals surface area contributed by atoms with Gasteiger partial charge in [0, 0.05) is 24.5 Å². The van der Waals surface area contributed by atoms with Crippen molar-refractivity contribution in [2.45, 2.75) is 37.8 Å². The van der Waals surface area contributed by atoms with Crippen LogP contribution in [0.5, 0.6) is 0 Å². The third kappa shape index (κ3) is 3.94. The van der Waals surface area contributed by atoms with Crippen molar-refractivity contribution in [2.24, 2.45) is 0 Å². The molecule has 2 aromatic heterocycles. The second kappa shape index (κ2) is 6.74. The molecule has 7 heteroatoms. The van der Waals surface area contributed by atoms with Crippen LogP contribution in [-0.4, -0.2) is 24.6 Å². The molecular weight excluding hydrogens is 308 g/mol. The van der Waals surface area contributed by atoms with Gasteiger partial charge in [0.25, 0.3) is 0 Å². The number of thiophene rings is 1. The van der Waals surface area contributed by atoms with Crippen molar-refractivity contribution >= 4 is 21.4 Å². The van der Waals surface area contributed by atoms with Crippen LogP contribution >= 0.6 is 11.3 Å². The Kier molecular flexibility index (Phi) is 5.21. The SMILES string of the molecule is CC(C)n1cc(S(=O)(=O)NCCc2ccsc2)cc1CO. The van der Waals surface area contributed by atoms with Crippen molar-refractivity contribution in [1.82, 2.24) is 9.29 Å². The topological polar surface area (TPSA) is 71.3 Å². The van der Waals surface area contributed by atoms with Gasteiger partial charge in [-0.3, -0.25) is 0 Å². The minimum absolute atomic E-state index is 0.0990. The maximum absolute atomic E-state index is 12.3. The molecule has 21 heavy (non-hydrogen) atoms. The molecule has 0 radical (unpaired) electrons. The number of hydrogen-bond donors (Lipinski definition) is 2. The third-order valence-corrected chi connectivity index (χ3v) is 5.38. The van der Waals surface area contributed by atoms with Crippen LogP contribution in [0, 0.1) is 0 Å². The lowest BCUT2D eigenvalue weighted by Crippen LogP contribution is -2.25. The van der Waals surface area contributed by atoms with E-state index in [1.54, 1.807) is 22.1 Å². The highest BCUT2D eigenvalue weighted by molar-refractivity contribution is 7.89. The molecule has 0 aliphatic heterocycles. The molecule has 0 aromatic carbocycles. The first kappa shape index (κ1) is 16.2. The van der Waals surface area contributed by atoms with E-state index < -0.39 is 10.0 Å². The van der Waals surface area contributed by atoms with Crippen molar-refractivity contribution in [3.8, 4) is 0 Å². The number of nitrogens with one attached hydrogen (secondary N) is 1. The summed E-state index contributed by atoms with van der Waals surface area (Å²) < 4.78 is 28.9. The van der Waals surface area contributed by atoms with E-state index in [0.717, 1.165) is 5.56 Å². The Morgan fingerprint density at radius 2 is 2.19 bits per heavy atom. The van der Waals surface area contributed by atoms with Crippen molar-refractivity contribution in [3.63, 3.8) is 0 Å². The lowest BCUT2D eigenvalue weighted by Gasteiger charge is -2.10. The zero-order valence-corrected chi connectivity index (χ0v) is 13.7. The Morgan fingerprint density at radius 3 is 2.71 bits per heavy atom. The zero-order chi connectivity index (χ0) is 15.5. The van der Waals surface area contributed by atoms with Crippen LogP contribution in [-0.2, 0) is 23.1 Å². The fraction of sp³-hybridized carbons (Fsp3) is 0.429. The van der Waals surface area contributed by atoms with E-state index in [0.29, 0.717) is 18.7 Å². The molecule has 0 saturated carbocycles. The molecule has 2 aromatic rings. The standard InChI is InChI=1S/C14H20N2O3S2/c1-11(2)16-8-14(7-13(16)9-17)21(18,19)15-5-3-12-4-6-20-10-12/h4,6-8,10-11,15,17H,3,5,9H2,1-2H3. The Bertz CT molecular complexity index is 673. The highest BCUT2D eigenvalue weighted by atomic mass is 32.2. The van der Waals surface area contributed by atoms with Gasteiger partial charge in [-0.05, 0) is 48.7 Å². The molecule has 2 rings (SSSR count). The normalized spacial score (nSPS) is 12.2. The third-order valence-electron chi connectivity index (χ3n) is 3.22. The van der Waals surface area contributed by atoms with Gasteiger partial charge in [-0.1, -0.05) is 0 Å². The van der Waals surface area contributed by atoms with Gasteiger partial charge in [0.2, 0.25) is 10.0 Å². The first-order chi connectivity index (χ1) is 9.94. The van der Waals surface area contributed by atoms with Gasteiger partial charge in [-0.2, -0.15) is 11.3 Å². The van der Waals surface area contributed by atoms with Gasteiger partial charge in [-0.25, -0.2) is 13.1 Å². The van der Waals surface area contributed by atoms with Gasteiger partial charge in [0.15, 0.2) is 0 Å². The smallest absolute Gasteiger partial charge is 0.242 e. The molecule has 2 heterocycles. The fourth-order valence-electron chi connectivity index (χ4n) is 2.10. The Morgan fingerprint density at radius 1 is 1.43 bits per heavy atom. The number of sulfonamides is 1. The monoisotopic (exact) mass is 328 g/mol. The van der Waals surface area contributed by atoms with Crippen molar-refractivity contribution in [3.05, 3.63) is 40.3 Å². The van der Waals surface area contributed by atoms with E-state index in [1.165, 1.54) is 6.07 Å². The molecule has 0 spiro atoms. The van der Waals surface area contributed by atoms with E-state index in [-0.39, 0.29) is 17.5 Å². The van der Waals surface area contributed by atoms with E-state index in [9.17, 15) is 13.5 Å². The molecule has 0 unspecified atom stereocenters. The van der Waals surface area contributed by atoms with E-state index in [2.05, 4.69) is 4.72 Å². The number of hydrogen-bond acceptors (Lipinski definition) is 4. The highest BCUT2D eigenvalue weighted by Gasteiger charge is 2.18. The molecule has 0 fully saturated rings. The Balaban J connectivity index is 2.08. The summed E-state index contributed by atoms with van der Waals surface area (Å²) in [6.07, 6.45) is 2.24. The van der Waals surface area contributed by atoms with Crippen molar-refractivity contribution in [1.29, 1.82) is 0 Å². The Labute approximate surface area is 129 Å². The summed E-state index contributed by atoms with van der Waals surface area (Å²) >= 11 is 1.60. The second-order valence-corrected chi connectivity index (χ2v) is 7.65. The maximum atomic E-state index is 12.3. The summed E-state index contributed by atoms with van der Waals surface area (Å²) in [5, 5.41) is 13.3. The average molecular weight is 328 g/mol. The molecule has 5 nitrogen and oxygen atoms in total. The molecule has 116 valence electrons. The number of rotatable bonds is 7. The fourth-order valence-corrected chi connectivity index (χ4v) is 3.88. The molecule has 0 aliphatic rings. The van der Waals surface area contributed by atoms with Crippen molar-refractivity contribution in [2.75, 3.05) is 6.54 Å².